The molecule has 0 spiro atoms. The first-order chi connectivity index (χ1) is 15.1. The number of ether oxygens (including phenoxy) is 3. The van der Waals surface area contributed by atoms with E-state index in [1.54, 1.807) is 6.92 Å². The van der Waals surface area contributed by atoms with Gasteiger partial charge in [-0.05, 0) is 20.3 Å². The van der Waals surface area contributed by atoms with Crippen LogP contribution in [0.15, 0.2) is 0 Å². The van der Waals surface area contributed by atoms with Crippen LogP contribution < -0.4 is 0 Å². The van der Waals surface area contributed by atoms with Crippen LogP contribution in [-0.2, 0) is 48.8 Å². The lowest BCUT2D eigenvalue weighted by Gasteiger charge is -2.26. The van der Waals surface area contributed by atoms with Gasteiger partial charge in [-0.3, -0.25) is 18.8 Å². The number of esters is 3. The molecule has 0 saturated heterocycles. The Morgan fingerprint density at radius 3 is 1.47 bits per heavy atom. The van der Waals surface area contributed by atoms with Crippen molar-refractivity contribution in [2.45, 2.75) is 43.3 Å². The highest BCUT2D eigenvalue weighted by Gasteiger charge is 2.55. The molecule has 0 saturated carbocycles. The normalized spacial score (nSPS) is 13.5. The molecule has 13 nitrogen and oxygen atoms in total. The Balaban J connectivity index is 5.22. The van der Waals surface area contributed by atoms with Crippen LogP contribution in [0, 0.1) is 0 Å². The minimum Gasteiger partial charge on any atom is -0.459 e. The van der Waals surface area contributed by atoms with E-state index >= 15 is 0 Å². The van der Waals surface area contributed by atoms with Gasteiger partial charge in [-0.2, -0.15) is 34.4 Å². The van der Waals surface area contributed by atoms with Gasteiger partial charge in [0.1, 0.15) is 18.8 Å². The second-order valence-electron chi connectivity index (χ2n) is 7.12. The molecular formula is C15H23F4NO12S2. The summed E-state index contributed by atoms with van der Waals surface area (Å²) in [6.45, 7) is 0.757. The van der Waals surface area contributed by atoms with E-state index in [-0.39, 0.29) is 0 Å². The summed E-state index contributed by atoms with van der Waals surface area (Å²) in [5.74, 6) is -6.23. The number of carbonyl (C=O) groups excluding carboxylic acids is 3. The molecule has 0 heterocycles. The largest absolute Gasteiger partial charge is 0.465 e. The summed E-state index contributed by atoms with van der Waals surface area (Å²) in [5, 5.41) is -10.6. The van der Waals surface area contributed by atoms with Crippen molar-refractivity contribution in [3.8, 4) is 0 Å². The number of hydrogen-bond donors (Lipinski definition) is 2. The molecule has 200 valence electrons. The fraction of sp³-hybridized carbons (Fsp3) is 0.800. The molecule has 0 aromatic carbocycles. The van der Waals surface area contributed by atoms with Crippen LogP contribution in [-0.4, -0.2) is 97.7 Å². The summed E-state index contributed by atoms with van der Waals surface area (Å²) in [5.41, 5.74) is -0.948. The topological polar surface area (TPSA) is 191 Å². The molecule has 0 atom stereocenters. The van der Waals surface area contributed by atoms with Gasteiger partial charge < -0.3 is 14.2 Å². The van der Waals surface area contributed by atoms with Gasteiger partial charge in [-0.25, -0.2) is 9.59 Å². The Morgan fingerprint density at radius 2 is 1.18 bits per heavy atom. The quantitative estimate of drug-likeness (QED) is 0.128. The van der Waals surface area contributed by atoms with E-state index in [4.69, 9.17) is 13.8 Å². The molecule has 0 aliphatic carbocycles. The lowest BCUT2D eigenvalue weighted by molar-refractivity contribution is -0.163. The molecule has 0 radical (unpaired) electrons. The zero-order valence-corrected chi connectivity index (χ0v) is 19.6. The lowest BCUT2D eigenvalue weighted by Crippen LogP contribution is -2.43. The SMILES string of the molecule is CCC(C)(C)OC(=O)CN(CCOC(=O)C(F)(F)S(=O)(=O)O)CCOC(=O)C(F)(F)S(=O)(=O)O. The van der Waals surface area contributed by atoms with Gasteiger partial charge in [0.2, 0.25) is 0 Å². The second kappa shape index (κ2) is 11.6. The summed E-state index contributed by atoms with van der Waals surface area (Å²) in [6, 6.07) is 0. The number of halogens is 4. The van der Waals surface area contributed by atoms with E-state index < -0.39 is 87.1 Å². The number of nitrogens with zero attached hydrogens (tertiary/aromatic N) is 1. The average Bonchev–Trinajstić information content (AvgIpc) is 2.65. The van der Waals surface area contributed by atoms with Gasteiger partial charge in [0.15, 0.2) is 0 Å². The first-order valence-electron chi connectivity index (χ1n) is 9.07. The Bertz CT molecular complexity index is 904. The van der Waals surface area contributed by atoms with Gasteiger partial charge in [-0.1, -0.05) is 6.92 Å². The number of carbonyl (C=O) groups is 3. The third-order valence-corrected chi connectivity index (χ3v) is 5.63. The summed E-state index contributed by atoms with van der Waals surface area (Å²) < 4.78 is 125. The standard InChI is InChI=1S/C15H23F4NO12S2/c1-4-13(2,3)32-10(21)9-20(5-7-30-11(22)14(16,17)33(24,25)26)6-8-31-12(23)15(18,19)34(27,28)29/h4-9H2,1-3H3,(H,24,25,26)(H,27,28,29). The number of rotatable bonds is 14. The van der Waals surface area contributed by atoms with Crippen LogP contribution in [0.3, 0.4) is 0 Å². The molecular weight excluding hydrogens is 526 g/mol. The van der Waals surface area contributed by atoms with Crippen LogP contribution in [0.4, 0.5) is 17.6 Å². The van der Waals surface area contributed by atoms with E-state index in [0.717, 1.165) is 4.90 Å². The first-order valence-corrected chi connectivity index (χ1v) is 11.9. The van der Waals surface area contributed by atoms with Crippen LogP contribution in [0.2, 0.25) is 0 Å². The summed E-state index contributed by atoms with van der Waals surface area (Å²) in [6.07, 6.45) is 0.364. The molecule has 0 aliphatic rings. The zero-order valence-electron chi connectivity index (χ0n) is 18.0. The Morgan fingerprint density at radius 1 is 0.824 bits per heavy atom. The predicted octanol–water partition coefficient (Wildman–Crippen LogP) is 0.0678. The van der Waals surface area contributed by atoms with E-state index in [1.165, 1.54) is 13.8 Å². The monoisotopic (exact) mass is 549 g/mol. The highest BCUT2D eigenvalue weighted by Crippen LogP contribution is 2.23. The first kappa shape index (κ1) is 31.9. The molecule has 0 unspecified atom stereocenters. The Kier molecular flexibility index (Phi) is 10.8. The highest BCUT2D eigenvalue weighted by molar-refractivity contribution is 7.88. The van der Waals surface area contributed by atoms with E-state index in [0.29, 0.717) is 6.42 Å². The molecule has 0 amide bonds. The molecule has 0 aliphatic heterocycles. The Labute approximate surface area is 191 Å². The number of hydrogen-bond acceptors (Lipinski definition) is 11. The maximum absolute atomic E-state index is 13.2. The van der Waals surface area contributed by atoms with Gasteiger partial charge in [-0.15, -0.1) is 0 Å². The molecule has 34 heavy (non-hydrogen) atoms. The molecule has 0 fully saturated rings. The minimum absolute atomic E-state index is 0.364. The van der Waals surface area contributed by atoms with E-state index in [1.807, 2.05) is 0 Å². The summed E-state index contributed by atoms with van der Waals surface area (Å²) in [4.78, 5) is 35.3. The fourth-order valence-corrected chi connectivity index (χ4v) is 2.32. The van der Waals surface area contributed by atoms with Crippen molar-refractivity contribution in [1.29, 1.82) is 0 Å². The van der Waals surface area contributed by atoms with Crippen molar-refractivity contribution < 1.29 is 72.1 Å². The third-order valence-electron chi connectivity index (χ3n) is 4.00. The van der Waals surface area contributed by atoms with Crippen molar-refractivity contribution in [2.24, 2.45) is 0 Å². The average molecular weight is 549 g/mol. The molecule has 0 bridgehead atoms. The van der Waals surface area contributed by atoms with Gasteiger partial charge in [0.05, 0.1) is 6.54 Å². The second-order valence-corrected chi connectivity index (χ2v) is 10.0. The van der Waals surface area contributed by atoms with Gasteiger partial charge in [0, 0.05) is 13.1 Å². The van der Waals surface area contributed by atoms with Gasteiger partial charge in [0.25, 0.3) is 0 Å². The minimum atomic E-state index is -6.14. The van der Waals surface area contributed by atoms with E-state index in [2.05, 4.69) is 9.47 Å². The van der Waals surface area contributed by atoms with Crippen molar-refractivity contribution in [3.05, 3.63) is 0 Å². The van der Waals surface area contributed by atoms with Crippen molar-refractivity contribution in [3.63, 3.8) is 0 Å². The Hall–Kier alpha value is -2.09. The van der Waals surface area contributed by atoms with Crippen molar-refractivity contribution in [2.75, 3.05) is 32.8 Å². The van der Waals surface area contributed by atoms with Crippen molar-refractivity contribution >= 4 is 38.1 Å². The lowest BCUT2D eigenvalue weighted by atomic mass is 10.1. The maximum atomic E-state index is 13.2. The van der Waals surface area contributed by atoms with Gasteiger partial charge >= 0.3 is 48.7 Å². The molecule has 0 rings (SSSR count). The van der Waals surface area contributed by atoms with Crippen LogP contribution >= 0.6 is 0 Å². The summed E-state index contributed by atoms with van der Waals surface area (Å²) in [7, 11) is -12.3. The zero-order chi connectivity index (χ0) is 27.2. The molecule has 19 heteroatoms. The fourth-order valence-electron chi connectivity index (χ4n) is 1.78. The molecule has 0 aromatic heterocycles. The van der Waals surface area contributed by atoms with Crippen LogP contribution in [0.1, 0.15) is 27.2 Å². The summed E-state index contributed by atoms with van der Waals surface area (Å²) >= 11 is 0. The number of alkyl halides is 4. The maximum Gasteiger partial charge on any atom is 0.465 e. The van der Waals surface area contributed by atoms with Crippen molar-refractivity contribution in [1.82, 2.24) is 4.90 Å². The van der Waals surface area contributed by atoms with Crippen LogP contribution in [0.25, 0.3) is 0 Å². The van der Waals surface area contributed by atoms with Crippen LogP contribution in [0.5, 0.6) is 0 Å². The van der Waals surface area contributed by atoms with E-state index in [9.17, 15) is 48.8 Å². The smallest absolute Gasteiger partial charge is 0.459 e. The highest BCUT2D eigenvalue weighted by atomic mass is 32.2. The molecule has 0 aromatic rings. The predicted molar refractivity (Wildman–Crippen MR) is 102 cm³/mol. The third kappa shape index (κ3) is 9.28. The molecule has 2 N–H and O–H groups in total.